The summed E-state index contributed by atoms with van der Waals surface area (Å²) in [6.45, 7) is 0. The molecule has 1 aliphatic rings. The van der Waals surface area contributed by atoms with Gasteiger partial charge in [-0.15, -0.1) is 0 Å². The summed E-state index contributed by atoms with van der Waals surface area (Å²) in [6.07, 6.45) is 4.19. The normalized spacial score (nSPS) is 16.3. The van der Waals surface area contributed by atoms with Gasteiger partial charge in [0.15, 0.2) is 0 Å². The van der Waals surface area contributed by atoms with Crippen molar-refractivity contribution >= 4 is 11.9 Å². The third-order valence-corrected chi connectivity index (χ3v) is 2.63. The van der Waals surface area contributed by atoms with Crippen molar-refractivity contribution in [3.05, 3.63) is 0 Å². The molecule has 0 saturated heterocycles. The number of hydrogen-bond donors (Lipinski definition) is 0. The second-order valence-electron chi connectivity index (χ2n) is 3.51. The molecule has 1 aliphatic carbocycles. The second kappa shape index (κ2) is 9.23. The molecule has 0 N–H and O–H groups in total. The van der Waals surface area contributed by atoms with Crippen LogP contribution in [0, 0.1) is 11.8 Å². The fraction of sp³-hybridized carbons (Fsp3) is 0.778. The minimum Gasteiger partial charge on any atom is -0.549 e. The first kappa shape index (κ1) is 18.5. The van der Waals surface area contributed by atoms with Gasteiger partial charge in [-0.3, -0.25) is 0 Å². The van der Waals surface area contributed by atoms with Gasteiger partial charge in [-0.2, -0.15) is 0 Å². The molecule has 74 valence electrons. The van der Waals surface area contributed by atoms with E-state index in [1.807, 2.05) is 0 Å². The third-order valence-electron chi connectivity index (χ3n) is 2.63. The molecule has 0 heterocycles. The Morgan fingerprint density at radius 1 is 1.00 bits per heavy atom. The Balaban J connectivity index is 0. The smallest absolute Gasteiger partial charge is 0.549 e. The van der Waals surface area contributed by atoms with Crippen molar-refractivity contribution in [2.24, 2.45) is 11.8 Å². The zero-order chi connectivity index (χ0) is 9.84. The summed E-state index contributed by atoms with van der Waals surface area (Å²) in [5.41, 5.74) is 0. The molecule has 1 saturated carbocycles. The summed E-state index contributed by atoms with van der Waals surface area (Å²) in [7, 11) is 0. The van der Waals surface area contributed by atoms with Crippen molar-refractivity contribution in [3.63, 3.8) is 0 Å². The molecule has 0 atom stereocenters. The number of carboxylic acid groups (broad SMARTS) is 2. The molecular weight excluding hydrogens is 218 g/mol. The van der Waals surface area contributed by atoms with Crippen LogP contribution in [0.3, 0.4) is 0 Å². The predicted octanol–water partition coefficient (Wildman–Crippen LogP) is -7.31. The van der Waals surface area contributed by atoms with Crippen molar-refractivity contribution in [1.29, 1.82) is 0 Å². The summed E-state index contributed by atoms with van der Waals surface area (Å²) >= 11 is 0. The van der Waals surface area contributed by atoms with Gasteiger partial charge in [0.25, 0.3) is 0 Å². The van der Waals surface area contributed by atoms with E-state index in [4.69, 9.17) is 0 Å². The maximum atomic E-state index is 10.5. The average Bonchev–Trinajstić information content (AvgIpc) is 2.04. The van der Waals surface area contributed by atoms with Gasteiger partial charge in [-0.25, -0.2) is 0 Å². The first-order valence-electron chi connectivity index (χ1n) is 4.54. The molecule has 15 heavy (non-hydrogen) atoms. The first-order valence-corrected chi connectivity index (χ1v) is 4.54. The van der Waals surface area contributed by atoms with E-state index < -0.39 is 17.9 Å². The van der Waals surface area contributed by atoms with E-state index in [2.05, 4.69) is 0 Å². The van der Waals surface area contributed by atoms with E-state index in [-0.39, 0.29) is 76.2 Å². The minimum absolute atomic E-state index is 0. The fourth-order valence-electron chi connectivity index (χ4n) is 1.95. The van der Waals surface area contributed by atoms with Crippen LogP contribution in [0.2, 0.25) is 0 Å². The minimum atomic E-state index is -1.51. The van der Waals surface area contributed by atoms with Crippen molar-refractivity contribution in [1.82, 2.24) is 0 Å². The fourth-order valence-corrected chi connectivity index (χ4v) is 1.95. The van der Waals surface area contributed by atoms with Crippen LogP contribution in [0.4, 0.5) is 0 Å². The summed E-state index contributed by atoms with van der Waals surface area (Å²) in [5.74, 6) is -4.72. The van der Waals surface area contributed by atoms with E-state index in [0.717, 1.165) is 19.3 Å². The van der Waals surface area contributed by atoms with Crippen LogP contribution in [-0.4, -0.2) is 11.9 Å². The summed E-state index contributed by atoms with van der Waals surface area (Å²) in [6, 6.07) is 0. The van der Waals surface area contributed by atoms with Crippen LogP contribution in [0.25, 0.3) is 0 Å². The van der Waals surface area contributed by atoms with Crippen LogP contribution in [0.1, 0.15) is 32.1 Å². The molecule has 0 bridgehead atoms. The van der Waals surface area contributed by atoms with Gasteiger partial charge in [0, 0.05) is 5.92 Å². The predicted molar refractivity (Wildman–Crippen MR) is 40.1 cm³/mol. The largest absolute Gasteiger partial charge is 1.00 e. The van der Waals surface area contributed by atoms with Crippen molar-refractivity contribution < 1.29 is 90.0 Å². The number of carboxylic acids is 2. The van der Waals surface area contributed by atoms with Gasteiger partial charge in [0.05, 0.1) is 11.9 Å². The number of rotatable bonds is 3. The monoisotopic (exact) mass is 230 g/mol. The van der Waals surface area contributed by atoms with E-state index in [9.17, 15) is 19.8 Å². The number of carbonyl (C=O) groups is 2. The van der Waals surface area contributed by atoms with Gasteiger partial charge in [-0.1, -0.05) is 19.3 Å². The molecule has 6 heteroatoms. The Hall–Kier alpha value is 1.17. The molecular formula is C9H12KLiO4. The Bertz CT molecular complexity index is 202. The third kappa shape index (κ3) is 5.87. The summed E-state index contributed by atoms with van der Waals surface area (Å²) in [4.78, 5) is 21.0. The number of carbonyl (C=O) groups excluding carboxylic acids is 2. The van der Waals surface area contributed by atoms with Gasteiger partial charge in [-0.05, 0) is 18.8 Å². The quantitative estimate of drug-likeness (QED) is 0.356. The van der Waals surface area contributed by atoms with Crippen molar-refractivity contribution in [3.8, 4) is 0 Å². The molecule has 0 aliphatic heterocycles. The Morgan fingerprint density at radius 3 is 1.73 bits per heavy atom. The summed E-state index contributed by atoms with van der Waals surface area (Å²) in [5, 5.41) is 21.0. The second-order valence-corrected chi connectivity index (χ2v) is 3.51. The van der Waals surface area contributed by atoms with Gasteiger partial charge < -0.3 is 19.8 Å². The first-order chi connectivity index (χ1) is 6.13. The maximum absolute atomic E-state index is 10.5. The van der Waals surface area contributed by atoms with Gasteiger partial charge in [0.2, 0.25) is 0 Å². The zero-order valence-corrected chi connectivity index (χ0v) is 12.4. The SMILES string of the molecule is O=C([O-])C(C(=O)[O-])C1CCCCC1.[K+].[Li+]. The molecule has 1 fully saturated rings. The van der Waals surface area contributed by atoms with Crippen LogP contribution < -0.4 is 80.5 Å². The molecule has 0 aromatic carbocycles. The number of aliphatic carboxylic acids is 2. The summed E-state index contributed by atoms with van der Waals surface area (Å²) < 4.78 is 0. The zero-order valence-electron chi connectivity index (χ0n) is 9.32. The molecule has 1 rings (SSSR count). The van der Waals surface area contributed by atoms with Crippen molar-refractivity contribution in [2.75, 3.05) is 0 Å². The molecule has 4 nitrogen and oxygen atoms in total. The molecule has 0 radical (unpaired) electrons. The topological polar surface area (TPSA) is 80.3 Å². The number of hydrogen-bond acceptors (Lipinski definition) is 4. The van der Waals surface area contributed by atoms with E-state index in [1.54, 1.807) is 0 Å². The van der Waals surface area contributed by atoms with E-state index in [1.165, 1.54) is 0 Å². The van der Waals surface area contributed by atoms with Crippen LogP contribution in [-0.2, 0) is 9.59 Å². The van der Waals surface area contributed by atoms with Crippen LogP contribution in [0.15, 0.2) is 0 Å². The molecule has 0 aromatic rings. The van der Waals surface area contributed by atoms with Crippen LogP contribution >= 0.6 is 0 Å². The van der Waals surface area contributed by atoms with Crippen molar-refractivity contribution in [2.45, 2.75) is 32.1 Å². The van der Waals surface area contributed by atoms with Gasteiger partial charge >= 0.3 is 70.2 Å². The standard InChI is InChI=1S/C9H14O4.K.Li/c10-8(11)7(9(12)13)6-4-2-1-3-5-6;;/h6-7H,1-5H2,(H,10,11)(H,12,13);;/q;2*+1/p-2. The Kier molecular flexibility index (Phi) is 11.4. The maximum Gasteiger partial charge on any atom is 1.00 e. The average molecular weight is 230 g/mol. The van der Waals surface area contributed by atoms with Crippen LogP contribution in [0.5, 0.6) is 0 Å². The molecule has 0 unspecified atom stereocenters. The molecule has 0 amide bonds. The molecule has 0 spiro atoms. The Labute approximate surface area is 144 Å². The van der Waals surface area contributed by atoms with Gasteiger partial charge in [0.1, 0.15) is 0 Å². The Morgan fingerprint density at radius 2 is 1.40 bits per heavy atom. The van der Waals surface area contributed by atoms with E-state index >= 15 is 0 Å². The molecule has 0 aromatic heterocycles. The van der Waals surface area contributed by atoms with E-state index in [0.29, 0.717) is 12.8 Å².